The van der Waals surface area contributed by atoms with Crippen LogP contribution in [0.1, 0.15) is 5.56 Å². The number of carbonyl (C=O) groups excluding carboxylic acids is 1. The molecule has 0 aliphatic heterocycles. The van der Waals surface area contributed by atoms with Gasteiger partial charge in [0.1, 0.15) is 0 Å². The van der Waals surface area contributed by atoms with Crippen molar-refractivity contribution in [1.82, 2.24) is 20.2 Å². The number of aryl methyl sites for hydroxylation is 1. The number of thioether (sulfide) groups is 1. The van der Waals surface area contributed by atoms with Gasteiger partial charge in [0.15, 0.2) is 0 Å². The summed E-state index contributed by atoms with van der Waals surface area (Å²) in [7, 11) is -3.86. The van der Waals surface area contributed by atoms with Crippen LogP contribution in [0.4, 0.5) is 5.69 Å². The zero-order chi connectivity index (χ0) is 19.4. The average Bonchev–Trinajstić information content (AvgIpc) is 3.10. The third kappa shape index (κ3) is 4.70. The number of benzene rings is 2. The summed E-state index contributed by atoms with van der Waals surface area (Å²) in [5.41, 5.74) is 1.63. The molecule has 1 amide bonds. The van der Waals surface area contributed by atoms with Crippen molar-refractivity contribution in [2.75, 3.05) is 11.1 Å². The van der Waals surface area contributed by atoms with Crippen molar-refractivity contribution < 1.29 is 13.2 Å². The van der Waals surface area contributed by atoms with Gasteiger partial charge in [-0.05, 0) is 47.2 Å². The van der Waals surface area contributed by atoms with Crippen LogP contribution in [-0.4, -0.2) is 40.3 Å². The summed E-state index contributed by atoms with van der Waals surface area (Å²) in [5.74, 6) is -0.280. The molecule has 0 aliphatic rings. The first-order valence-corrected chi connectivity index (χ1v) is 10.3. The normalized spacial score (nSPS) is 11.3. The Morgan fingerprint density at radius 2 is 1.96 bits per heavy atom. The minimum absolute atomic E-state index is 0.0269. The molecule has 3 N–H and O–H groups in total. The highest BCUT2D eigenvalue weighted by atomic mass is 32.2. The Morgan fingerprint density at radius 1 is 1.22 bits per heavy atom. The number of sulfonamides is 1. The fourth-order valence-corrected chi connectivity index (χ4v) is 3.81. The number of para-hydroxylation sites is 1. The molecule has 3 aromatic rings. The van der Waals surface area contributed by atoms with Gasteiger partial charge >= 0.3 is 0 Å². The van der Waals surface area contributed by atoms with Crippen molar-refractivity contribution in [2.24, 2.45) is 5.14 Å². The van der Waals surface area contributed by atoms with E-state index in [1.807, 2.05) is 30.3 Å². The van der Waals surface area contributed by atoms with E-state index < -0.39 is 10.0 Å². The highest BCUT2D eigenvalue weighted by Crippen LogP contribution is 2.21. The van der Waals surface area contributed by atoms with Crippen molar-refractivity contribution in [1.29, 1.82) is 0 Å². The van der Waals surface area contributed by atoms with Crippen LogP contribution in [0.25, 0.3) is 5.69 Å². The number of primary sulfonamides is 1. The fourth-order valence-electron chi connectivity index (χ4n) is 2.31. The highest BCUT2D eigenvalue weighted by Gasteiger charge is 2.14. The summed E-state index contributed by atoms with van der Waals surface area (Å²) in [4.78, 5) is 12.2. The minimum atomic E-state index is -3.86. The van der Waals surface area contributed by atoms with Crippen molar-refractivity contribution in [3.05, 3.63) is 54.1 Å². The first kappa shape index (κ1) is 19.0. The molecule has 3 rings (SSSR count). The molecule has 140 valence electrons. The number of carbonyl (C=O) groups is 1. The highest BCUT2D eigenvalue weighted by molar-refractivity contribution is 7.99. The first-order chi connectivity index (χ1) is 12.8. The monoisotopic (exact) mass is 404 g/mol. The molecule has 0 saturated heterocycles. The summed E-state index contributed by atoms with van der Waals surface area (Å²) in [5, 5.41) is 19.8. The number of amides is 1. The van der Waals surface area contributed by atoms with E-state index in [1.54, 1.807) is 19.1 Å². The SMILES string of the molecule is Cc1ccc(NC(=O)CSc2nnnn2-c2ccccc2)cc1S(N)(=O)=O. The molecule has 0 saturated carbocycles. The number of nitrogens with one attached hydrogen (secondary N) is 1. The van der Waals surface area contributed by atoms with Gasteiger partial charge in [0.2, 0.25) is 21.1 Å². The lowest BCUT2D eigenvalue weighted by molar-refractivity contribution is -0.113. The first-order valence-electron chi connectivity index (χ1n) is 7.74. The molecular weight excluding hydrogens is 388 g/mol. The number of hydrogen-bond acceptors (Lipinski definition) is 7. The van der Waals surface area contributed by atoms with Crippen molar-refractivity contribution in [2.45, 2.75) is 17.0 Å². The number of hydrogen-bond donors (Lipinski definition) is 2. The average molecular weight is 404 g/mol. The molecule has 1 aromatic heterocycles. The smallest absolute Gasteiger partial charge is 0.238 e. The standard InChI is InChI=1S/C16H16N6O3S2/c1-11-7-8-12(9-14(11)27(17,24)25)18-15(23)10-26-16-19-20-21-22(16)13-5-3-2-4-6-13/h2-9H,10H2,1H3,(H,18,23)(H2,17,24,25). The second kappa shape index (κ2) is 7.86. The maximum Gasteiger partial charge on any atom is 0.238 e. The molecule has 0 unspecified atom stereocenters. The zero-order valence-electron chi connectivity index (χ0n) is 14.2. The number of tetrazole rings is 1. The van der Waals surface area contributed by atoms with Crippen molar-refractivity contribution in [3.63, 3.8) is 0 Å². The summed E-state index contributed by atoms with van der Waals surface area (Å²) < 4.78 is 24.7. The van der Waals surface area contributed by atoms with Crippen LogP contribution in [0.15, 0.2) is 58.6 Å². The number of rotatable bonds is 6. The van der Waals surface area contributed by atoms with E-state index in [-0.39, 0.29) is 16.6 Å². The van der Waals surface area contributed by atoms with Gasteiger partial charge in [0.25, 0.3) is 0 Å². The Bertz CT molecular complexity index is 1070. The van der Waals surface area contributed by atoms with Gasteiger partial charge < -0.3 is 5.32 Å². The van der Waals surface area contributed by atoms with Gasteiger partial charge in [-0.2, -0.15) is 4.68 Å². The van der Waals surface area contributed by atoms with Gasteiger partial charge in [0.05, 0.1) is 16.3 Å². The minimum Gasteiger partial charge on any atom is -0.325 e. The number of aromatic nitrogens is 4. The molecule has 0 radical (unpaired) electrons. The lowest BCUT2D eigenvalue weighted by atomic mass is 10.2. The van der Waals surface area contributed by atoms with Crippen LogP contribution in [-0.2, 0) is 14.8 Å². The lowest BCUT2D eigenvalue weighted by Crippen LogP contribution is -2.17. The largest absolute Gasteiger partial charge is 0.325 e. The molecule has 9 nitrogen and oxygen atoms in total. The molecule has 1 heterocycles. The van der Waals surface area contributed by atoms with E-state index in [0.717, 1.165) is 17.4 Å². The Hall–Kier alpha value is -2.76. The Morgan fingerprint density at radius 3 is 2.67 bits per heavy atom. The van der Waals surface area contributed by atoms with E-state index in [0.29, 0.717) is 16.4 Å². The van der Waals surface area contributed by atoms with Gasteiger partial charge in [-0.1, -0.05) is 36.0 Å². The van der Waals surface area contributed by atoms with Crippen LogP contribution >= 0.6 is 11.8 Å². The van der Waals surface area contributed by atoms with Crippen molar-refractivity contribution >= 4 is 33.4 Å². The maximum absolute atomic E-state index is 12.2. The number of anilines is 1. The molecule has 2 aromatic carbocycles. The van der Waals surface area contributed by atoms with Gasteiger partial charge in [-0.25, -0.2) is 13.6 Å². The van der Waals surface area contributed by atoms with Crippen LogP contribution < -0.4 is 10.5 Å². The maximum atomic E-state index is 12.2. The Kier molecular flexibility index (Phi) is 5.54. The predicted octanol–water partition coefficient (Wildman–Crippen LogP) is 1.35. The van der Waals surface area contributed by atoms with Gasteiger partial charge in [-0.3, -0.25) is 4.79 Å². The lowest BCUT2D eigenvalue weighted by Gasteiger charge is -2.09. The third-order valence-corrected chi connectivity index (χ3v) is 5.52. The van der Waals surface area contributed by atoms with E-state index in [4.69, 9.17) is 5.14 Å². The molecule has 11 heteroatoms. The molecule has 27 heavy (non-hydrogen) atoms. The van der Waals surface area contributed by atoms with Crippen LogP contribution in [0.5, 0.6) is 0 Å². The fraction of sp³-hybridized carbons (Fsp3) is 0.125. The summed E-state index contributed by atoms with van der Waals surface area (Å²) in [6.07, 6.45) is 0. The Labute approximate surface area is 160 Å². The number of nitrogens with zero attached hydrogens (tertiary/aromatic N) is 4. The van der Waals surface area contributed by atoms with Crippen LogP contribution in [0.3, 0.4) is 0 Å². The third-order valence-electron chi connectivity index (χ3n) is 3.55. The summed E-state index contributed by atoms with van der Waals surface area (Å²) in [6, 6.07) is 13.8. The second-order valence-electron chi connectivity index (χ2n) is 5.57. The molecule has 0 aliphatic carbocycles. The van der Waals surface area contributed by atoms with Crippen LogP contribution in [0.2, 0.25) is 0 Å². The van der Waals surface area contributed by atoms with Crippen molar-refractivity contribution in [3.8, 4) is 5.69 Å². The van der Waals surface area contributed by atoms with Gasteiger partial charge in [-0.15, -0.1) is 5.10 Å². The van der Waals surface area contributed by atoms with E-state index >= 15 is 0 Å². The van der Waals surface area contributed by atoms with E-state index in [9.17, 15) is 13.2 Å². The number of nitrogens with two attached hydrogens (primary N) is 1. The summed E-state index contributed by atoms with van der Waals surface area (Å²) in [6.45, 7) is 1.63. The van der Waals surface area contributed by atoms with E-state index in [2.05, 4.69) is 20.8 Å². The topological polar surface area (TPSA) is 133 Å². The van der Waals surface area contributed by atoms with Gasteiger partial charge in [0, 0.05) is 5.69 Å². The molecule has 0 bridgehead atoms. The predicted molar refractivity (Wildman–Crippen MR) is 101 cm³/mol. The summed E-state index contributed by atoms with van der Waals surface area (Å²) >= 11 is 1.16. The molecular formula is C16H16N6O3S2. The van der Waals surface area contributed by atoms with E-state index in [1.165, 1.54) is 10.7 Å². The quantitative estimate of drug-likeness (QED) is 0.592. The second-order valence-corrected chi connectivity index (χ2v) is 8.04. The zero-order valence-corrected chi connectivity index (χ0v) is 15.9. The Balaban J connectivity index is 1.68. The molecule has 0 atom stereocenters. The van der Waals surface area contributed by atoms with Crippen LogP contribution in [0, 0.1) is 6.92 Å². The molecule has 0 fully saturated rings. The molecule has 0 spiro atoms.